The third-order valence-electron chi connectivity index (χ3n) is 10.9. The summed E-state index contributed by atoms with van der Waals surface area (Å²) in [6.07, 6.45) is 6.43. The zero-order valence-corrected chi connectivity index (χ0v) is 21.7. The average Bonchev–Trinajstić information content (AvgIpc) is 3.22. The molecule has 4 aliphatic carbocycles. The Morgan fingerprint density at radius 3 is 1.76 bits per heavy atom. The smallest absolute Gasteiger partial charge is 0.265 e. The van der Waals surface area contributed by atoms with Crippen LogP contribution in [0.15, 0.2) is 35.4 Å². The minimum Gasteiger partial charge on any atom is -0.388 e. The lowest BCUT2D eigenvalue weighted by molar-refractivity contribution is 0.0264. The van der Waals surface area contributed by atoms with E-state index in [0.717, 1.165) is 41.5 Å². The van der Waals surface area contributed by atoms with Crippen LogP contribution in [0.4, 0.5) is 0 Å². The fraction of sp³-hybridized carbons (Fsp3) is 0.643. The average molecular weight is 487 g/mol. The van der Waals surface area contributed by atoms with E-state index in [2.05, 4.69) is 26.8 Å². The van der Waals surface area contributed by atoms with Gasteiger partial charge in [0.2, 0.25) is 0 Å². The molecule has 6 heteroatoms. The first-order chi connectivity index (χ1) is 15.6. The maximum absolute atomic E-state index is 11.8. The number of hydrogen-bond donors (Lipinski definition) is 3. The molecule has 0 heterocycles. The molecule has 5 nitrogen and oxygen atoms in total. The Labute approximate surface area is 203 Å². The first-order valence-corrected chi connectivity index (χ1v) is 14.1. The van der Waals surface area contributed by atoms with Crippen LogP contribution in [0.3, 0.4) is 0 Å². The van der Waals surface area contributed by atoms with Gasteiger partial charge in [0.15, 0.2) is 0 Å². The number of benzene rings is 1. The molecule has 6 unspecified atom stereocenters. The van der Waals surface area contributed by atoms with Crippen molar-refractivity contribution < 1.29 is 23.2 Å². The predicted octanol–water partition coefficient (Wildman–Crippen LogP) is 4.96. The van der Waals surface area contributed by atoms with Gasteiger partial charge in [0, 0.05) is 10.8 Å². The summed E-state index contributed by atoms with van der Waals surface area (Å²) < 4.78 is 33.2. The first kappa shape index (κ1) is 24.2. The van der Waals surface area contributed by atoms with Gasteiger partial charge in [-0.2, -0.15) is 8.42 Å². The fourth-order valence-electron chi connectivity index (χ4n) is 8.26. The molecule has 6 atom stereocenters. The van der Waals surface area contributed by atoms with Crippen molar-refractivity contribution in [2.75, 3.05) is 5.75 Å². The highest BCUT2D eigenvalue weighted by atomic mass is 32.2. The molecular weight excluding hydrogens is 448 g/mol. The van der Waals surface area contributed by atoms with Gasteiger partial charge in [0.1, 0.15) is 0 Å². The van der Waals surface area contributed by atoms with Crippen molar-refractivity contribution in [2.45, 2.75) is 72.5 Å². The molecule has 34 heavy (non-hydrogen) atoms. The Morgan fingerprint density at radius 2 is 1.29 bits per heavy atom. The second-order valence-electron chi connectivity index (χ2n) is 12.7. The van der Waals surface area contributed by atoms with Gasteiger partial charge < -0.3 is 10.2 Å². The van der Waals surface area contributed by atoms with E-state index in [1.807, 2.05) is 44.2 Å². The Morgan fingerprint density at radius 1 is 0.824 bits per heavy atom. The minimum atomic E-state index is -4.20. The van der Waals surface area contributed by atoms with Crippen molar-refractivity contribution in [1.82, 2.24) is 0 Å². The van der Waals surface area contributed by atoms with Gasteiger partial charge in [0.05, 0.1) is 18.0 Å². The zero-order valence-electron chi connectivity index (χ0n) is 20.9. The third kappa shape index (κ3) is 3.11. The SMILES string of the molecule is CC1(C)C2CCC1(C)C(O)/C2=C/c1ccc(/C=C2\C3CCC(CS(=O)(=O)O)(C2O)C3(C)C)cc1. The van der Waals surface area contributed by atoms with Gasteiger partial charge in [-0.15, -0.1) is 0 Å². The van der Waals surface area contributed by atoms with Crippen LogP contribution in [0.2, 0.25) is 0 Å². The van der Waals surface area contributed by atoms with Crippen LogP contribution < -0.4 is 0 Å². The van der Waals surface area contributed by atoms with Crippen molar-refractivity contribution in [3.05, 3.63) is 46.5 Å². The van der Waals surface area contributed by atoms with E-state index in [9.17, 15) is 23.2 Å². The fourth-order valence-corrected chi connectivity index (χ4v) is 9.59. The summed E-state index contributed by atoms with van der Waals surface area (Å²) in [4.78, 5) is 0. The third-order valence-corrected chi connectivity index (χ3v) is 11.8. The molecule has 1 aromatic carbocycles. The molecule has 0 amide bonds. The normalized spacial score (nSPS) is 42.2. The van der Waals surface area contributed by atoms with Crippen molar-refractivity contribution in [3.63, 3.8) is 0 Å². The predicted molar refractivity (Wildman–Crippen MR) is 134 cm³/mol. The molecule has 5 rings (SSSR count). The molecule has 3 N–H and O–H groups in total. The van der Waals surface area contributed by atoms with Gasteiger partial charge in [-0.25, -0.2) is 0 Å². The molecule has 0 spiro atoms. The number of hydrogen-bond acceptors (Lipinski definition) is 4. The zero-order chi connectivity index (χ0) is 24.9. The molecule has 1 aromatic rings. The Hall–Kier alpha value is -1.47. The molecule has 0 saturated heterocycles. The van der Waals surface area contributed by atoms with E-state index in [1.165, 1.54) is 0 Å². The summed E-state index contributed by atoms with van der Waals surface area (Å²) in [7, 11) is -4.20. The monoisotopic (exact) mass is 486 g/mol. The second-order valence-corrected chi connectivity index (χ2v) is 14.1. The van der Waals surface area contributed by atoms with E-state index >= 15 is 0 Å². The molecule has 0 aromatic heterocycles. The molecule has 0 radical (unpaired) electrons. The maximum Gasteiger partial charge on any atom is 0.265 e. The summed E-state index contributed by atoms with van der Waals surface area (Å²) in [6, 6.07) is 8.14. The minimum absolute atomic E-state index is 0.0728. The summed E-state index contributed by atoms with van der Waals surface area (Å²) >= 11 is 0. The van der Waals surface area contributed by atoms with Crippen molar-refractivity contribution in [2.24, 2.45) is 33.5 Å². The second kappa shape index (κ2) is 7.28. The molecule has 4 saturated carbocycles. The van der Waals surface area contributed by atoms with Crippen LogP contribution in [-0.2, 0) is 10.1 Å². The van der Waals surface area contributed by atoms with Crippen LogP contribution in [-0.4, -0.2) is 41.1 Å². The highest BCUT2D eigenvalue weighted by molar-refractivity contribution is 7.85. The van der Waals surface area contributed by atoms with E-state index < -0.39 is 38.9 Å². The topological polar surface area (TPSA) is 94.8 Å². The van der Waals surface area contributed by atoms with Gasteiger partial charge in [-0.05, 0) is 70.6 Å². The van der Waals surface area contributed by atoms with E-state index in [4.69, 9.17) is 0 Å². The van der Waals surface area contributed by atoms with Crippen LogP contribution in [0, 0.1) is 33.5 Å². The molecule has 4 bridgehead atoms. The molecule has 0 aliphatic heterocycles. The standard InChI is InChI=1S/C28H38O5S/c1-25(2)21-10-12-27(25,5)23(29)19(21)14-17-6-8-18(9-7-17)15-20-22-11-13-28(24(20)30,26(22,3)4)16-34(31,32)33/h6-9,14-15,21-24,29-30H,10-13,16H2,1-5H3,(H,31,32,33)/b19-14+,20-15+. The Balaban J connectivity index is 1.43. The summed E-state index contributed by atoms with van der Waals surface area (Å²) in [5.41, 5.74) is 2.76. The lowest BCUT2D eigenvalue weighted by Gasteiger charge is -2.39. The van der Waals surface area contributed by atoms with Crippen LogP contribution >= 0.6 is 0 Å². The van der Waals surface area contributed by atoms with Gasteiger partial charge >= 0.3 is 0 Å². The highest BCUT2D eigenvalue weighted by Gasteiger charge is 2.67. The van der Waals surface area contributed by atoms with Crippen molar-refractivity contribution >= 4 is 22.3 Å². The Kier molecular flexibility index (Phi) is 5.19. The van der Waals surface area contributed by atoms with Crippen LogP contribution in [0.5, 0.6) is 0 Å². The lowest BCUT2D eigenvalue weighted by Crippen LogP contribution is -2.44. The number of aliphatic hydroxyl groups is 2. The molecule has 4 fully saturated rings. The summed E-state index contributed by atoms with van der Waals surface area (Å²) in [5, 5.41) is 22.3. The number of aliphatic hydroxyl groups excluding tert-OH is 2. The van der Waals surface area contributed by atoms with Gasteiger partial charge in [-0.3, -0.25) is 4.55 Å². The molecular formula is C28H38O5S. The molecule has 186 valence electrons. The highest BCUT2D eigenvalue weighted by Crippen LogP contribution is 2.69. The Bertz CT molecular complexity index is 1180. The van der Waals surface area contributed by atoms with Gasteiger partial charge in [0.25, 0.3) is 10.1 Å². The quantitative estimate of drug-likeness (QED) is 0.523. The first-order valence-electron chi connectivity index (χ1n) is 12.5. The van der Waals surface area contributed by atoms with Crippen molar-refractivity contribution in [1.29, 1.82) is 0 Å². The number of fused-ring (bicyclic) bond motifs is 4. The maximum atomic E-state index is 11.8. The van der Waals surface area contributed by atoms with E-state index in [-0.39, 0.29) is 16.7 Å². The van der Waals surface area contributed by atoms with Crippen molar-refractivity contribution in [3.8, 4) is 0 Å². The van der Waals surface area contributed by atoms with Crippen LogP contribution in [0.25, 0.3) is 12.2 Å². The van der Waals surface area contributed by atoms with E-state index in [0.29, 0.717) is 12.3 Å². The van der Waals surface area contributed by atoms with Gasteiger partial charge in [-0.1, -0.05) is 71.0 Å². The van der Waals surface area contributed by atoms with Crippen LogP contribution in [0.1, 0.15) is 71.4 Å². The number of rotatable bonds is 4. The lowest BCUT2D eigenvalue weighted by atomic mass is 9.70. The van der Waals surface area contributed by atoms with E-state index in [1.54, 1.807) is 0 Å². The summed E-state index contributed by atoms with van der Waals surface area (Å²) in [6.45, 7) is 10.8. The molecule has 4 aliphatic rings. The summed E-state index contributed by atoms with van der Waals surface area (Å²) in [5.74, 6) is 0.0747. The largest absolute Gasteiger partial charge is 0.388 e.